The summed E-state index contributed by atoms with van der Waals surface area (Å²) in [5.74, 6) is 0.833. The summed E-state index contributed by atoms with van der Waals surface area (Å²) in [6.45, 7) is 0.0935. The molecular formula is C30H26Cl2N6O6. The third-order valence-corrected chi connectivity index (χ3v) is 7.36. The molecule has 0 aliphatic carbocycles. The molecule has 12 nitrogen and oxygen atoms in total. The van der Waals surface area contributed by atoms with Gasteiger partial charge in [-0.25, -0.2) is 10.2 Å². The summed E-state index contributed by atoms with van der Waals surface area (Å²) >= 11 is 12.5. The Kier molecular flexibility index (Phi) is 8.74. The second-order valence-corrected chi connectivity index (χ2v) is 10.4. The standard InChI is InChI=1S/C30H26Cl2N6O6/c1-36-26-25(28(40)37(2)30(36)41)38(16-19-6-9-20(31)14-22(19)32)29(34-26)44-23-12-5-17(13-24(23)43-4)15-33-35-27(39)18-7-10-21(42-3)11-8-18/h5-15H,16H2,1-4H3,(H,35,39)/b33-15-. The van der Waals surface area contributed by atoms with Crippen LogP contribution in [0.25, 0.3) is 11.2 Å². The van der Waals surface area contributed by atoms with Crippen LogP contribution in [-0.4, -0.2) is 45.0 Å². The summed E-state index contributed by atoms with van der Waals surface area (Å²) in [5.41, 5.74) is 3.32. The highest BCUT2D eigenvalue weighted by Crippen LogP contribution is 2.34. The number of imidazole rings is 1. The Balaban J connectivity index is 1.47. The van der Waals surface area contributed by atoms with Crippen molar-refractivity contribution in [2.45, 2.75) is 6.54 Å². The lowest BCUT2D eigenvalue weighted by molar-refractivity contribution is 0.0955. The fourth-order valence-electron chi connectivity index (χ4n) is 4.39. The molecule has 0 spiro atoms. The molecule has 0 atom stereocenters. The Morgan fingerprint density at radius 1 is 0.955 bits per heavy atom. The number of nitrogens with one attached hydrogen (secondary N) is 1. The lowest BCUT2D eigenvalue weighted by Crippen LogP contribution is -2.37. The van der Waals surface area contributed by atoms with Gasteiger partial charge in [0, 0.05) is 29.7 Å². The van der Waals surface area contributed by atoms with Gasteiger partial charge < -0.3 is 14.2 Å². The minimum Gasteiger partial charge on any atom is -0.497 e. The number of halogens is 2. The molecule has 0 aliphatic rings. The van der Waals surface area contributed by atoms with Crippen molar-refractivity contribution in [1.82, 2.24) is 24.1 Å². The van der Waals surface area contributed by atoms with E-state index in [1.54, 1.807) is 67.8 Å². The van der Waals surface area contributed by atoms with Gasteiger partial charge in [-0.05, 0) is 65.7 Å². The summed E-state index contributed by atoms with van der Waals surface area (Å²) in [6, 6.07) is 16.6. The van der Waals surface area contributed by atoms with E-state index < -0.39 is 17.2 Å². The maximum Gasteiger partial charge on any atom is 0.332 e. The minimum absolute atomic E-state index is 0.0239. The lowest BCUT2D eigenvalue weighted by Gasteiger charge is -2.13. The summed E-state index contributed by atoms with van der Waals surface area (Å²) in [6.07, 6.45) is 1.45. The van der Waals surface area contributed by atoms with Crippen LogP contribution in [0.1, 0.15) is 21.5 Å². The van der Waals surface area contributed by atoms with Crippen molar-refractivity contribution < 1.29 is 19.0 Å². The SMILES string of the molecule is COc1ccc(C(=O)N/N=C\c2ccc(Oc3nc4c(c(=O)n(C)c(=O)n4C)n3Cc3ccc(Cl)cc3Cl)c(OC)c2)cc1. The van der Waals surface area contributed by atoms with Crippen molar-refractivity contribution >= 4 is 46.5 Å². The number of hydrazone groups is 1. The van der Waals surface area contributed by atoms with Gasteiger partial charge >= 0.3 is 11.7 Å². The summed E-state index contributed by atoms with van der Waals surface area (Å²) in [4.78, 5) is 42.8. The number of carbonyl (C=O) groups excluding carboxylic acids is 1. The quantitative estimate of drug-likeness (QED) is 0.188. The van der Waals surface area contributed by atoms with Crippen LogP contribution in [-0.2, 0) is 20.6 Å². The number of hydrogen-bond donors (Lipinski definition) is 1. The molecule has 0 bridgehead atoms. The lowest BCUT2D eigenvalue weighted by atomic mass is 10.2. The minimum atomic E-state index is -0.550. The van der Waals surface area contributed by atoms with E-state index in [-0.39, 0.29) is 29.5 Å². The largest absolute Gasteiger partial charge is 0.497 e. The highest BCUT2D eigenvalue weighted by atomic mass is 35.5. The van der Waals surface area contributed by atoms with Crippen molar-refractivity contribution in [3.05, 3.63) is 108 Å². The molecule has 2 aromatic heterocycles. The van der Waals surface area contributed by atoms with Crippen LogP contribution in [0, 0.1) is 0 Å². The van der Waals surface area contributed by atoms with Gasteiger partial charge in [0.2, 0.25) is 0 Å². The van der Waals surface area contributed by atoms with Crippen molar-refractivity contribution in [2.24, 2.45) is 19.2 Å². The monoisotopic (exact) mass is 636 g/mol. The van der Waals surface area contributed by atoms with Gasteiger partial charge in [0.05, 0.1) is 27.0 Å². The Morgan fingerprint density at radius 2 is 1.70 bits per heavy atom. The number of ether oxygens (including phenoxy) is 3. The second kappa shape index (κ2) is 12.7. The molecule has 1 N–H and O–H groups in total. The maximum atomic E-state index is 13.3. The number of hydrogen-bond acceptors (Lipinski definition) is 8. The average molecular weight is 637 g/mol. The molecule has 5 aromatic rings. The van der Waals surface area contributed by atoms with Crippen LogP contribution < -0.4 is 30.9 Å². The molecule has 0 aliphatic heterocycles. The van der Waals surface area contributed by atoms with Gasteiger partial charge in [0.15, 0.2) is 22.7 Å². The molecule has 3 aromatic carbocycles. The van der Waals surface area contributed by atoms with Gasteiger partial charge in [0.1, 0.15) is 5.75 Å². The molecule has 0 saturated heterocycles. The van der Waals surface area contributed by atoms with E-state index in [2.05, 4.69) is 15.5 Å². The van der Waals surface area contributed by atoms with Gasteiger partial charge in [-0.3, -0.25) is 23.3 Å². The van der Waals surface area contributed by atoms with Crippen molar-refractivity contribution in [1.29, 1.82) is 0 Å². The van der Waals surface area contributed by atoms with Crippen molar-refractivity contribution in [3.8, 4) is 23.3 Å². The molecule has 0 unspecified atom stereocenters. The van der Waals surface area contributed by atoms with E-state index >= 15 is 0 Å². The highest BCUT2D eigenvalue weighted by Gasteiger charge is 2.22. The number of rotatable bonds is 9. The van der Waals surface area contributed by atoms with Crippen LogP contribution in [0.2, 0.25) is 10.0 Å². The first-order valence-electron chi connectivity index (χ1n) is 13.0. The van der Waals surface area contributed by atoms with E-state index in [0.717, 1.165) is 4.57 Å². The second-order valence-electron chi connectivity index (χ2n) is 9.53. The zero-order valence-corrected chi connectivity index (χ0v) is 25.5. The topological polar surface area (TPSA) is 131 Å². The number of amides is 1. The molecule has 0 radical (unpaired) electrons. The highest BCUT2D eigenvalue weighted by molar-refractivity contribution is 6.35. The summed E-state index contributed by atoms with van der Waals surface area (Å²) in [7, 11) is 5.91. The van der Waals surface area contributed by atoms with Gasteiger partial charge in [0.25, 0.3) is 11.5 Å². The molecule has 0 fully saturated rings. The molecule has 2 heterocycles. The van der Waals surface area contributed by atoms with E-state index in [1.807, 2.05) is 0 Å². The fourth-order valence-corrected chi connectivity index (χ4v) is 4.86. The Labute approximate surface area is 260 Å². The fraction of sp³-hybridized carbons (Fsp3) is 0.167. The molecule has 0 saturated carbocycles. The Bertz CT molecular complexity index is 2030. The number of fused-ring (bicyclic) bond motifs is 1. The normalized spacial score (nSPS) is 11.2. The number of nitrogens with zero attached hydrogens (tertiary/aromatic N) is 5. The smallest absolute Gasteiger partial charge is 0.332 e. The number of benzene rings is 3. The van der Waals surface area contributed by atoms with Crippen LogP contribution in [0.4, 0.5) is 0 Å². The van der Waals surface area contributed by atoms with E-state index in [0.29, 0.717) is 38.2 Å². The first kappa shape index (κ1) is 30.4. The van der Waals surface area contributed by atoms with Crippen molar-refractivity contribution in [2.75, 3.05) is 14.2 Å². The number of aromatic nitrogens is 4. The first-order chi connectivity index (χ1) is 21.1. The number of methoxy groups -OCH3 is 2. The third kappa shape index (κ3) is 6.03. The molecule has 226 valence electrons. The zero-order valence-electron chi connectivity index (χ0n) is 24.0. The van der Waals surface area contributed by atoms with Gasteiger partial charge in [-0.1, -0.05) is 29.3 Å². The number of carbonyl (C=O) groups is 1. The van der Waals surface area contributed by atoms with E-state index in [9.17, 15) is 14.4 Å². The number of aryl methyl sites for hydroxylation is 1. The Morgan fingerprint density at radius 3 is 2.39 bits per heavy atom. The first-order valence-corrected chi connectivity index (χ1v) is 13.8. The van der Waals surface area contributed by atoms with Crippen LogP contribution >= 0.6 is 23.2 Å². The molecule has 1 amide bonds. The molecule has 44 heavy (non-hydrogen) atoms. The zero-order chi connectivity index (χ0) is 31.5. The summed E-state index contributed by atoms with van der Waals surface area (Å²) < 4.78 is 20.6. The molecule has 5 rings (SSSR count). The van der Waals surface area contributed by atoms with Crippen molar-refractivity contribution in [3.63, 3.8) is 0 Å². The van der Waals surface area contributed by atoms with Gasteiger partial charge in [-0.2, -0.15) is 10.1 Å². The predicted octanol–water partition coefficient (Wildman–Crippen LogP) is 4.36. The average Bonchev–Trinajstić information content (AvgIpc) is 3.38. The summed E-state index contributed by atoms with van der Waals surface area (Å²) in [5, 5.41) is 4.87. The Hall–Kier alpha value is -5.07. The van der Waals surface area contributed by atoms with Gasteiger partial charge in [-0.15, -0.1) is 0 Å². The predicted molar refractivity (Wildman–Crippen MR) is 167 cm³/mol. The van der Waals surface area contributed by atoms with Crippen LogP contribution in [0.3, 0.4) is 0 Å². The van der Waals surface area contributed by atoms with E-state index in [1.165, 1.54) is 36.6 Å². The van der Waals surface area contributed by atoms with Crippen LogP contribution in [0.5, 0.6) is 23.3 Å². The maximum absolute atomic E-state index is 13.3. The van der Waals surface area contributed by atoms with E-state index in [4.69, 9.17) is 37.4 Å². The molecular weight excluding hydrogens is 611 g/mol. The third-order valence-electron chi connectivity index (χ3n) is 6.78. The molecule has 14 heteroatoms. The van der Waals surface area contributed by atoms with Crippen LogP contribution in [0.15, 0.2) is 75.4 Å².